The van der Waals surface area contributed by atoms with Crippen LogP contribution in [0, 0.1) is 0 Å². The van der Waals surface area contributed by atoms with Crippen molar-refractivity contribution in [2.45, 2.75) is 13.0 Å². The minimum absolute atomic E-state index is 0.0470. The molecule has 5 rings (SSSR count). The van der Waals surface area contributed by atoms with Gasteiger partial charge in [0.2, 0.25) is 5.95 Å². The molecule has 3 aromatic heterocycles. The van der Waals surface area contributed by atoms with Crippen LogP contribution in [0.5, 0.6) is 5.75 Å². The Morgan fingerprint density at radius 2 is 1.97 bits per heavy atom. The first-order valence-corrected chi connectivity index (χ1v) is 9.14. The summed E-state index contributed by atoms with van der Waals surface area (Å²) in [7, 11) is 0. The number of phenolic OH excluding ortho intramolecular Hbond substituents is 1. The second kappa shape index (κ2) is 6.83. The summed E-state index contributed by atoms with van der Waals surface area (Å²) in [4.78, 5) is 17.7. The molecule has 0 fully saturated rings. The van der Waals surface area contributed by atoms with Crippen LogP contribution in [0.2, 0.25) is 0 Å². The topological polar surface area (TPSA) is 113 Å². The van der Waals surface area contributed by atoms with E-state index in [9.17, 15) is 5.11 Å². The van der Waals surface area contributed by atoms with Gasteiger partial charge in [0.15, 0.2) is 5.65 Å². The minimum atomic E-state index is -0.0470. The van der Waals surface area contributed by atoms with Crippen LogP contribution in [0.3, 0.4) is 0 Å². The van der Waals surface area contributed by atoms with Crippen molar-refractivity contribution < 1.29 is 5.11 Å². The van der Waals surface area contributed by atoms with Crippen molar-refractivity contribution in [2.24, 2.45) is 0 Å². The Labute approximate surface area is 165 Å². The van der Waals surface area contributed by atoms with E-state index < -0.39 is 0 Å². The molecule has 5 aromatic rings. The van der Waals surface area contributed by atoms with E-state index in [0.29, 0.717) is 11.6 Å². The lowest BCUT2D eigenvalue weighted by molar-refractivity contribution is 0.474. The quantitative estimate of drug-likeness (QED) is 0.432. The molecule has 1 atom stereocenters. The summed E-state index contributed by atoms with van der Waals surface area (Å²) in [6.07, 6.45) is 5.03. The van der Waals surface area contributed by atoms with E-state index in [1.807, 2.05) is 37.3 Å². The number of benzene rings is 2. The number of aromatic hydroxyl groups is 1. The second-order valence-corrected chi connectivity index (χ2v) is 6.78. The number of aromatic nitrogens is 6. The lowest BCUT2D eigenvalue weighted by Crippen LogP contribution is -2.09. The molecule has 0 bridgehead atoms. The van der Waals surface area contributed by atoms with Crippen molar-refractivity contribution in [3.05, 3.63) is 66.7 Å². The van der Waals surface area contributed by atoms with E-state index in [1.54, 1.807) is 24.5 Å². The maximum absolute atomic E-state index is 9.67. The number of H-pyrrole nitrogens is 1. The number of hydrogen-bond donors (Lipinski definition) is 3. The zero-order valence-corrected chi connectivity index (χ0v) is 15.5. The van der Waals surface area contributed by atoms with Gasteiger partial charge in [0.25, 0.3) is 0 Å². The molecule has 142 valence electrons. The standard InChI is InChI=1S/C21H17N7O/c1-12(13-3-2-4-16(29)8-13)26-21-22-9-15-7-14(5-6-18(15)27-21)19-17-10-25-28-20(17)24-11-23-19/h2-12,29H,1H3,(H,22,26,27)(H,23,24,25,28). The van der Waals surface area contributed by atoms with Crippen molar-refractivity contribution in [3.63, 3.8) is 0 Å². The normalized spacial score (nSPS) is 12.3. The molecular weight excluding hydrogens is 366 g/mol. The summed E-state index contributed by atoms with van der Waals surface area (Å²) in [6.45, 7) is 2.00. The van der Waals surface area contributed by atoms with Gasteiger partial charge >= 0.3 is 0 Å². The van der Waals surface area contributed by atoms with Gasteiger partial charge in [-0.3, -0.25) is 5.10 Å². The highest BCUT2D eigenvalue weighted by Gasteiger charge is 2.11. The third kappa shape index (κ3) is 3.20. The lowest BCUT2D eigenvalue weighted by Gasteiger charge is -2.14. The van der Waals surface area contributed by atoms with E-state index >= 15 is 0 Å². The Kier molecular flexibility index (Phi) is 4.02. The summed E-state index contributed by atoms with van der Waals surface area (Å²) in [6, 6.07) is 13.0. The second-order valence-electron chi connectivity index (χ2n) is 6.78. The molecule has 29 heavy (non-hydrogen) atoms. The molecule has 0 saturated heterocycles. The summed E-state index contributed by atoms with van der Waals surface area (Å²) < 4.78 is 0. The molecule has 0 saturated carbocycles. The van der Waals surface area contributed by atoms with Crippen LogP contribution in [0.25, 0.3) is 33.2 Å². The number of anilines is 1. The highest BCUT2D eigenvalue weighted by Crippen LogP contribution is 2.27. The van der Waals surface area contributed by atoms with Crippen LogP contribution in [0.4, 0.5) is 5.95 Å². The monoisotopic (exact) mass is 383 g/mol. The third-order valence-corrected chi connectivity index (χ3v) is 4.82. The van der Waals surface area contributed by atoms with Crippen molar-refractivity contribution in [2.75, 3.05) is 5.32 Å². The molecule has 1 unspecified atom stereocenters. The average Bonchev–Trinajstić information content (AvgIpc) is 3.22. The fourth-order valence-electron chi connectivity index (χ4n) is 3.32. The Morgan fingerprint density at radius 1 is 1.03 bits per heavy atom. The molecule has 0 spiro atoms. The predicted octanol–water partition coefficient (Wildman–Crippen LogP) is 3.84. The molecule has 2 aromatic carbocycles. The van der Waals surface area contributed by atoms with Gasteiger partial charge in [-0.05, 0) is 36.8 Å². The van der Waals surface area contributed by atoms with Crippen LogP contribution in [-0.4, -0.2) is 35.2 Å². The van der Waals surface area contributed by atoms with E-state index in [4.69, 9.17) is 0 Å². The SMILES string of the molecule is CC(Nc1ncc2cc(-c3ncnc4[nH]ncc34)ccc2n1)c1cccc(O)c1. The Balaban J connectivity index is 1.46. The fraction of sp³-hybridized carbons (Fsp3) is 0.0952. The molecule has 0 radical (unpaired) electrons. The first kappa shape index (κ1) is 17.1. The number of hydrogen-bond acceptors (Lipinski definition) is 7. The number of rotatable bonds is 4. The molecule has 0 aliphatic carbocycles. The molecular formula is C21H17N7O. The van der Waals surface area contributed by atoms with E-state index in [0.717, 1.165) is 33.1 Å². The lowest BCUT2D eigenvalue weighted by atomic mass is 10.1. The Bertz CT molecular complexity index is 1330. The first-order valence-electron chi connectivity index (χ1n) is 9.14. The minimum Gasteiger partial charge on any atom is -0.508 e. The summed E-state index contributed by atoms with van der Waals surface area (Å²) >= 11 is 0. The first-order chi connectivity index (χ1) is 14.2. The highest BCUT2D eigenvalue weighted by atomic mass is 16.3. The van der Waals surface area contributed by atoms with Crippen molar-refractivity contribution >= 4 is 27.9 Å². The van der Waals surface area contributed by atoms with E-state index in [-0.39, 0.29) is 11.8 Å². The smallest absolute Gasteiger partial charge is 0.223 e. The summed E-state index contributed by atoms with van der Waals surface area (Å²) in [5.41, 5.74) is 4.24. The Morgan fingerprint density at radius 3 is 2.86 bits per heavy atom. The van der Waals surface area contributed by atoms with E-state index in [1.165, 1.54) is 6.33 Å². The summed E-state index contributed by atoms with van der Waals surface area (Å²) in [5, 5.41) is 21.6. The zero-order chi connectivity index (χ0) is 19.8. The molecule has 0 aliphatic rings. The van der Waals surface area contributed by atoms with Crippen molar-refractivity contribution in [3.8, 4) is 17.0 Å². The van der Waals surface area contributed by atoms with E-state index in [2.05, 4.69) is 35.5 Å². The third-order valence-electron chi connectivity index (χ3n) is 4.82. The molecule has 3 N–H and O–H groups in total. The van der Waals surface area contributed by atoms with Crippen LogP contribution in [-0.2, 0) is 0 Å². The number of nitrogens with one attached hydrogen (secondary N) is 2. The van der Waals surface area contributed by atoms with Crippen LogP contribution in [0.1, 0.15) is 18.5 Å². The largest absolute Gasteiger partial charge is 0.508 e. The molecule has 0 aliphatic heterocycles. The van der Waals surface area contributed by atoms with Gasteiger partial charge in [0.05, 0.1) is 28.8 Å². The maximum Gasteiger partial charge on any atom is 0.223 e. The van der Waals surface area contributed by atoms with Crippen LogP contribution >= 0.6 is 0 Å². The number of phenols is 1. The van der Waals surface area contributed by atoms with Crippen LogP contribution < -0.4 is 5.32 Å². The summed E-state index contributed by atoms with van der Waals surface area (Å²) in [5.74, 6) is 0.764. The fourth-order valence-corrected chi connectivity index (χ4v) is 3.32. The average molecular weight is 383 g/mol. The van der Waals surface area contributed by atoms with Gasteiger partial charge in [-0.2, -0.15) is 5.10 Å². The molecule has 0 amide bonds. The van der Waals surface area contributed by atoms with Crippen molar-refractivity contribution in [1.29, 1.82) is 0 Å². The molecule has 8 heteroatoms. The maximum atomic E-state index is 9.67. The zero-order valence-electron chi connectivity index (χ0n) is 15.5. The van der Waals surface area contributed by atoms with Gasteiger partial charge in [0.1, 0.15) is 12.1 Å². The molecule has 8 nitrogen and oxygen atoms in total. The Hall–Kier alpha value is -4.07. The highest BCUT2D eigenvalue weighted by molar-refractivity contribution is 5.93. The number of nitrogens with zero attached hydrogens (tertiary/aromatic N) is 5. The van der Waals surface area contributed by atoms with Gasteiger partial charge in [-0.1, -0.05) is 18.2 Å². The van der Waals surface area contributed by atoms with Crippen molar-refractivity contribution in [1.82, 2.24) is 30.1 Å². The van der Waals surface area contributed by atoms with Gasteiger partial charge in [0, 0.05) is 17.1 Å². The predicted molar refractivity (Wildman–Crippen MR) is 110 cm³/mol. The van der Waals surface area contributed by atoms with Crippen LogP contribution in [0.15, 0.2) is 61.2 Å². The van der Waals surface area contributed by atoms with Gasteiger partial charge in [-0.25, -0.2) is 19.9 Å². The van der Waals surface area contributed by atoms with Gasteiger partial charge < -0.3 is 10.4 Å². The number of fused-ring (bicyclic) bond motifs is 2. The van der Waals surface area contributed by atoms with Gasteiger partial charge in [-0.15, -0.1) is 0 Å². The molecule has 3 heterocycles. The number of aromatic amines is 1.